The van der Waals surface area contributed by atoms with Gasteiger partial charge in [0, 0.05) is 11.3 Å². The summed E-state index contributed by atoms with van der Waals surface area (Å²) in [5.74, 6) is 0.141. The van der Waals surface area contributed by atoms with E-state index in [2.05, 4.69) is 20.8 Å². The Labute approximate surface area is 230 Å². The molecule has 4 rings (SSSR count). The first kappa shape index (κ1) is 28.0. The summed E-state index contributed by atoms with van der Waals surface area (Å²) in [7, 11) is 0. The molecular formula is C33H37NO5. The van der Waals surface area contributed by atoms with Crippen LogP contribution in [0.25, 0.3) is 5.76 Å². The molecule has 0 bridgehead atoms. The highest BCUT2D eigenvalue weighted by molar-refractivity contribution is 6.51. The highest BCUT2D eigenvalue weighted by atomic mass is 16.5. The Bertz CT molecular complexity index is 1320. The van der Waals surface area contributed by atoms with Crippen LogP contribution in [0.4, 0.5) is 5.69 Å². The van der Waals surface area contributed by atoms with Crippen molar-refractivity contribution in [3.63, 3.8) is 0 Å². The fourth-order valence-corrected chi connectivity index (χ4v) is 4.63. The monoisotopic (exact) mass is 527 g/mol. The van der Waals surface area contributed by atoms with E-state index >= 15 is 0 Å². The molecule has 0 aliphatic carbocycles. The van der Waals surface area contributed by atoms with Crippen LogP contribution in [0.5, 0.6) is 11.5 Å². The van der Waals surface area contributed by atoms with Crippen molar-refractivity contribution in [3.05, 3.63) is 95.1 Å². The second kappa shape index (κ2) is 12.7. The van der Waals surface area contributed by atoms with Gasteiger partial charge in [0.1, 0.15) is 17.3 Å². The van der Waals surface area contributed by atoms with Crippen molar-refractivity contribution in [2.45, 2.75) is 53.0 Å². The molecule has 3 aromatic rings. The number of aliphatic hydroxyl groups excluding tert-OH is 1. The first-order chi connectivity index (χ1) is 18.8. The van der Waals surface area contributed by atoms with Gasteiger partial charge in [0.15, 0.2) is 0 Å². The van der Waals surface area contributed by atoms with Crippen molar-refractivity contribution in [3.8, 4) is 11.5 Å². The van der Waals surface area contributed by atoms with Crippen LogP contribution in [0.3, 0.4) is 0 Å². The maximum Gasteiger partial charge on any atom is 0.300 e. The Balaban J connectivity index is 1.71. The van der Waals surface area contributed by atoms with Gasteiger partial charge in [-0.25, -0.2) is 0 Å². The van der Waals surface area contributed by atoms with E-state index < -0.39 is 17.7 Å². The molecule has 0 aromatic heterocycles. The van der Waals surface area contributed by atoms with Crippen molar-refractivity contribution >= 4 is 23.1 Å². The lowest BCUT2D eigenvalue weighted by Gasteiger charge is -2.26. The van der Waals surface area contributed by atoms with Crippen LogP contribution in [0, 0.1) is 12.8 Å². The number of ketones is 1. The first-order valence-electron chi connectivity index (χ1n) is 13.6. The highest BCUT2D eigenvalue weighted by Crippen LogP contribution is 2.42. The maximum absolute atomic E-state index is 13.4. The molecule has 6 heteroatoms. The van der Waals surface area contributed by atoms with E-state index in [9.17, 15) is 14.7 Å². The van der Waals surface area contributed by atoms with Crippen LogP contribution >= 0.6 is 0 Å². The summed E-state index contributed by atoms with van der Waals surface area (Å²) in [6.07, 6.45) is 3.19. The van der Waals surface area contributed by atoms with E-state index in [0.29, 0.717) is 41.9 Å². The number of anilines is 1. The maximum atomic E-state index is 13.4. The predicted octanol–water partition coefficient (Wildman–Crippen LogP) is 7.23. The molecular weight excluding hydrogens is 490 g/mol. The van der Waals surface area contributed by atoms with Crippen LogP contribution in [0.15, 0.2) is 78.4 Å². The molecule has 1 fully saturated rings. The van der Waals surface area contributed by atoms with Crippen LogP contribution in [0.1, 0.15) is 62.8 Å². The topological polar surface area (TPSA) is 76.1 Å². The number of benzene rings is 3. The zero-order valence-corrected chi connectivity index (χ0v) is 23.1. The third-order valence-electron chi connectivity index (χ3n) is 6.64. The van der Waals surface area contributed by atoms with Gasteiger partial charge >= 0.3 is 0 Å². The van der Waals surface area contributed by atoms with Crippen molar-refractivity contribution < 1.29 is 24.2 Å². The van der Waals surface area contributed by atoms with Crippen molar-refractivity contribution in [1.29, 1.82) is 0 Å². The third-order valence-corrected chi connectivity index (χ3v) is 6.64. The zero-order valence-electron chi connectivity index (χ0n) is 23.1. The standard InChI is InChI=1S/C33H37NO5/c1-5-6-7-19-38-27-15-11-24(12-16-27)31(35)29-30(25-10-8-9-23(4)20-25)34(33(37)32(29)36)26-13-17-28(18-14-26)39-21-22(2)3/h8-18,20,22,30,35H,5-7,19,21H2,1-4H3/b31-29-. The molecule has 1 heterocycles. The molecule has 39 heavy (non-hydrogen) atoms. The fourth-order valence-electron chi connectivity index (χ4n) is 4.63. The molecule has 6 nitrogen and oxygen atoms in total. The summed E-state index contributed by atoms with van der Waals surface area (Å²) < 4.78 is 11.6. The van der Waals surface area contributed by atoms with Crippen molar-refractivity contribution in [2.75, 3.05) is 18.1 Å². The van der Waals surface area contributed by atoms with E-state index in [0.717, 1.165) is 30.4 Å². The van der Waals surface area contributed by atoms with Gasteiger partial charge < -0.3 is 14.6 Å². The van der Waals surface area contributed by atoms with Gasteiger partial charge in [-0.1, -0.05) is 63.4 Å². The number of aliphatic hydroxyl groups is 1. The fraction of sp³-hybridized carbons (Fsp3) is 0.333. The SMILES string of the molecule is CCCCCOc1ccc(/C(O)=C2/C(=O)C(=O)N(c3ccc(OCC(C)C)cc3)C2c2cccc(C)c2)cc1. The molecule has 0 spiro atoms. The molecule has 1 N–H and O–H groups in total. The second-order valence-corrected chi connectivity index (χ2v) is 10.4. The number of nitrogens with zero attached hydrogens (tertiary/aromatic N) is 1. The summed E-state index contributed by atoms with van der Waals surface area (Å²) >= 11 is 0. The quantitative estimate of drug-likeness (QED) is 0.123. The Morgan fingerprint density at radius 2 is 1.59 bits per heavy atom. The number of amides is 1. The Hall–Kier alpha value is -4.06. The largest absolute Gasteiger partial charge is 0.507 e. The number of aryl methyl sites for hydroxylation is 1. The van der Waals surface area contributed by atoms with Gasteiger partial charge in [0.05, 0.1) is 24.8 Å². The molecule has 1 unspecified atom stereocenters. The third kappa shape index (κ3) is 6.51. The average molecular weight is 528 g/mol. The van der Waals surface area contributed by atoms with Crippen molar-refractivity contribution in [1.82, 2.24) is 0 Å². The van der Waals surface area contributed by atoms with E-state index in [-0.39, 0.29) is 11.3 Å². The number of hydrogen-bond acceptors (Lipinski definition) is 5. The lowest BCUT2D eigenvalue weighted by molar-refractivity contribution is -0.132. The number of carbonyl (C=O) groups is 2. The molecule has 0 radical (unpaired) electrons. The number of hydrogen-bond donors (Lipinski definition) is 1. The first-order valence-corrected chi connectivity index (χ1v) is 13.6. The Morgan fingerprint density at radius 3 is 2.23 bits per heavy atom. The van der Waals surface area contributed by atoms with E-state index in [1.165, 1.54) is 4.90 Å². The molecule has 0 saturated carbocycles. The highest BCUT2D eigenvalue weighted by Gasteiger charge is 2.47. The van der Waals surface area contributed by atoms with Gasteiger partial charge in [-0.15, -0.1) is 0 Å². The van der Waals surface area contributed by atoms with Gasteiger partial charge in [-0.3, -0.25) is 14.5 Å². The zero-order chi connectivity index (χ0) is 27.9. The van der Waals surface area contributed by atoms with Gasteiger partial charge in [-0.2, -0.15) is 0 Å². The Morgan fingerprint density at radius 1 is 0.923 bits per heavy atom. The molecule has 1 saturated heterocycles. The van der Waals surface area contributed by atoms with E-state index in [1.54, 1.807) is 48.5 Å². The molecule has 3 aromatic carbocycles. The van der Waals surface area contributed by atoms with Gasteiger partial charge in [0.25, 0.3) is 11.7 Å². The van der Waals surface area contributed by atoms with E-state index in [4.69, 9.17) is 9.47 Å². The minimum absolute atomic E-state index is 0.0577. The smallest absolute Gasteiger partial charge is 0.300 e. The van der Waals surface area contributed by atoms with Crippen LogP contribution in [-0.2, 0) is 9.59 Å². The molecule has 1 amide bonds. The minimum Gasteiger partial charge on any atom is -0.507 e. The number of unbranched alkanes of at least 4 members (excludes halogenated alkanes) is 2. The summed E-state index contributed by atoms with van der Waals surface area (Å²) in [4.78, 5) is 28.3. The number of carbonyl (C=O) groups excluding carboxylic acids is 2. The molecule has 1 atom stereocenters. The number of ether oxygens (including phenoxy) is 2. The van der Waals surface area contributed by atoms with Crippen molar-refractivity contribution in [2.24, 2.45) is 5.92 Å². The lowest BCUT2D eigenvalue weighted by atomic mass is 9.94. The number of Topliss-reactive ketones (excluding diaryl/α,β-unsaturated/α-hetero) is 1. The van der Waals surface area contributed by atoms with Crippen LogP contribution in [-0.4, -0.2) is 30.0 Å². The molecule has 1 aliphatic heterocycles. The van der Waals surface area contributed by atoms with Gasteiger partial charge in [-0.05, 0) is 73.4 Å². The second-order valence-electron chi connectivity index (χ2n) is 10.4. The van der Waals surface area contributed by atoms with Crippen LogP contribution in [0.2, 0.25) is 0 Å². The summed E-state index contributed by atoms with van der Waals surface area (Å²) in [6.45, 7) is 9.45. The molecule has 1 aliphatic rings. The van der Waals surface area contributed by atoms with E-state index in [1.807, 2.05) is 31.2 Å². The predicted molar refractivity (Wildman–Crippen MR) is 154 cm³/mol. The number of rotatable bonds is 11. The Kier molecular flexibility index (Phi) is 9.07. The summed E-state index contributed by atoms with van der Waals surface area (Å²) in [5, 5.41) is 11.4. The average Bonchev–Trinajstić information content (AvgIpc) is 3.20. The molecule has 204 valence electrons. The summed E-state index contributed by atoms with van der Waals surface area (Å²) in [6, 6.07) is 21.0. The van der Waals surface area contributed by atoms with Gasteiger partial charge in [0.2, 0.25) is 0 Å². The summed E-state index contributed by atoms with van der Waals surface area (Å²) in [5.41, 5.74) is 2.79. The normalized spacial score (nSPS) is 16.6. The minimum atomic E-state index is -0.780. The lowest BCUT2D eigenvalue weighted by Crippen LogP contribution is -2.29. The van der Waals surface area contributed by atoms with Crippen LogP contribution < -0.4 is 14.4 Å².